The molecule has 1 aliphatic rings. The van der Waals surface area contributed by atoms with Crippen LogP contribution in [0, 0.1) is 17.0 Å². The van der Waals surface area contributed by atoms with Crippen molar-refractivity contribution in [2.75, 3.05) is 31.1 Å². The first-order valence-electron chi connectivity index (χ1n) is 6.00. The number of aryl methyl sites for hydroxylation is 1. The van der Waals surface area contributed by atoms with Crippen molar-refractivity contribution in [2.45, 2.75) is 13.3 Å². The van der Waals surface area contributed by atoms with Crippen LogP contribution in [0.1, 0.15) is 12.0 Å². The van der Waals surface area contributed by atoms with Crippen LogP contribution < -0.4 is 10.2 Å². The normalized spacial score (nSPS) is 16.4. The molecule has 1 saturated heterocycles. The van der Waals surface area contributed by atoms with Gasteiger partial charge in [0, 0.05) is 31.4 Å². The third-order valence-electron chi connectivity index (χ3n) is 3.14. The molecule has 1 N–H and O–H groups in total. The Morgan fingerprint density at radius 1 is 1.39 bits per heavy atom. The highest BCUT2D eigenvalue weighted by molar-refractivity contribution is 6.33. The molecule has 1 aromatic rings. The van der Waals surface area contributed by atoms with Gasteiger partial charge < -0.3 is 10.2 Å². The molecule has 1 aliphatic heterocycles. The molecule has 1 aromatic carbocycles. The first-order valence-corrected chi connectivity index (χ1v) is 6.37. The highest BCUT2D eigenvalue weighted by Gasteiger charge is 2.18. The van der Waals surface area contributed by atoms with Gasteiger partial charge in [0.05, 0.1) is 4.92 Å². The summed E-state index contributed by atoms with van der Waals surface area (Å²) in [5.41, 5.74) is 1.87. The van der Waals surface area contributed by atoms with Crippen molar-refractivity contribution in [3.05, 3.63) is 32.8 Å². The zero-order valence-electron chi connectivity index (χ0n) is 10.3. The van der Waals surface area contributed by atoms with Gasteiger partial charge in [-0.25, -0.2) is 0 Å². The number of nitrogens with one attached hydrogen (secondary N) is 1. The van der Waals surface area contributed by atoms with Gasteiger partial charge in [-0.3, -0.25) is 10.1 Å². The lowest BCUT2D eigenvalue weighted by molar-refractivity contribution is -0.384. The monoisotopic (exact) mass is 269 g/mol. The van der Waals surface area contributed by atoms with Crippen LogP contribution in [0.2, 0.25) is 5.02 Å². The molecule has 0 atom stereocenters. The molecule has 18 heavy (non-hydrogen) atoms. The number of nitrogens with zero attached hydrogens (tertiary/aromatic N) is 2. The Bertz CT molecular complexity index is 457. The molecule has 6 heteroatoms. The van der Waals surface area contributed by atoms with Gasteiger partial charge in [-0.2, -0.15) is 0 Å². The van der Waals surface area contributed by atoms with Gasteiger partial charge in [-0.15, -0.1) is 0 Å². The second-order valence-corrected chi connectivity index (χ2v) is 4.85. The van der Waals surface area contributed by atoms with Crippen molar-refractivity contribution >= 4 is 23.0 Å². The molecule has 2 rings (SSSR count). The first kappa shape index (κ1) is 13.1. The molecular weight excluding hydrogens is 254 g/mol. The molecule has 0 aliphatic carbocycles. The summed E-state index contributed by atoms with van der Waals surface area (Å²) in [7, 11) is 0. The van der Waals surface area contributed by atoms with E-state index in [4.69, 9.17) is 11.6 Å². The van der Waals surface area contributed by atoms with Crippen LogP contribution in [0.3, 0.4) is 0 Å². The van der Waals surface area contributed by atoms with Crippen LogP contribution >= 0.6 is 11.6 Å². The third kappa shape index (κ3) is 2.73. The smallest absolute Gasteiger partial charge is 0.288 e. The summed E-state index contributed by atoms with van der Waals surface area (Å²) < 4.78 is 0. The zero-order chi connectivity index (χ0) is 13.1. The minimum absolute atomic E-state index is 0.0223. The van der Waals surface area contributed by atoms with Gasteiger partial charge in [0.1, 0.15) is 5.02 Å². The summed E-state index contributed by atoms with van der Waals surface area (Å²) >= 11 is 5.97. The number of hydrogen-bond donors (Lipinski definition) is 1. The number of halogens is 1. The maximum Gasteiger partial charge on any atom is 0.288 e. The molecular formula is C12H16ClN3O2. The Kier molecular flexibility index (Phi) is 4.04. The Labute approximate surface area is 111 Å². The van der Waals surface area contributed by atoms with Gasteiger partial charge in [0.2, 0.25) is 0 Å². The standard InChI is InChI=1S/C12H16ClN3O2/c1-9-7-12(16(17)18)10(13)8-11(9)15-5-2-3-14-4-6-15/h7-8,14H,2-6H2,1H3. The quantitative estimate of drug-likeness (QED) is 0.661. The summed E-state index contributed by atoms with van der Waals surface area (Å²) in [5, 5.41) is 14.3. The van der Waals surface area contributed by atoms with E-state index >= 15 is 0 Å². The van der Waals surface area contributed by atoms with Gasteiger partial charge in [0.25, 0.3) is 5.69 Å². The lowest BCUT2D eigenvalue weighted by Gasteiger charge is -2.24. The average molecular weight is 270 g/mol. The van der Waals surface area contributed by atoms with Gasteiger partial charge >= 0.3 is 0 Å². The van der Waals surface area contributed by atoms with E-state index in [0.29, 0.717) is 0 Å². The number of rotatable bonds is 2. The van der Waals surface area contributed by atoms with E-state index in [2.05, 4.69) is 10.2 Å². The molecule has 98 valence electrons. The van der Waals surface area contributed by atoms with Crippen LogP contribution in [0.5, 0.6) is 0 Å². The minimum Gasteiger partial charge on any atom is -0.370 e. The number of benzene rings is 1. The number of anilines is 1. The Morgan fingerprint density at radius 3 is 2.89 bits per heavy atom. The fourth-order valence-electron chi connectivity index (χ4n) is 2.22. The molecule has 0 saturated carbocycles. The predicted molar refractivity (Wildman–Crippen MR) is 72.5 cm³/mol. The maximum atomic E-state index is 10.8. The van der Waals surface area contributed by atoms with E-state index < -0.39 is 4.92 Å². The lowest BCUT2D eigenvalue weighted by Crippen LogP contribution is -2.28. The van der Waals surface area contributed by atoms with Crippen LogP contribution in [-0.4, -0.2) is 31.1 Å². The fourth-order valence-corrected chi connectivity index (χ4v) is 2.45. The van der Waals surface area contributed by atoms with Crippen molar-refractivity contribution in [3.8, 4) is 0 Å². The maximum absolute atomic E-state index is 10.8. The van der Waals surface area contributed by atoms with Crippen LogP contribution in [0.15, 0.2) is 12.1 Å². The second-order valence-electron chi connectivity index (χ2n) is 4.44. The molecule has 0 aromatic heterocycles. The van der Waals surface area contributed by atoms with E-state index in [9.17, 15) is 10.1 Å². The van der Waals surface area contributed by atoms with Gasteiger partial charge in [-0.05, 0) is 31.5 Å². The molecule has 0 bridgehead atoms. The molecule has 1 fully saturated rings. The number of nitro groups is 1. The van der Waals surface area contributed by atoms with Crippen molar-refractivity contribution < 1.29 is 4.92 Å². The van der Waals surface area contributed by atoms with Crippen molar-refractivity contribution in [1.29, 1.82) is 0 Å². The Hall–Kier alpha value is -1.33. The topological polar surface area (TPSA) is 58.4 Å². The third-order valence-corrected chi connectivity index (χ3v) is 3.45. The van der Waals surface area contributed by atoms with E-state index in [1.165, 1.54) is 0 Å². The Balaban J connectivity index is 2.33. The molecule has 0 spiro atoms. The van der Waals surface area contributed by atoms with Crippen LogP contribution in [0.4, 0.5) is 11.4 Å². The van der Waals surface area contributed by atoms with Crippen LogP contribution in [-0.2, 0) is 0 Å². The molecule has 1 heterocycles. The molecule has 0 radical (unpaired) electrons. The summed E-state index contributed by atoms with van der Waals surface area (Å²) in [4.78, 5) is 12.6. The summed E-state index contributed by atoms with van der Waals surface area (Å²) in [6.45, 7) is 5.66. The largest absolute Gasteiger partial charge is 0.370 e. The SMILES string of the molecule is Cc1cc([N+](=O)[O-])c(Cl)cc1N1CCCNCC1. The fraction of sp³-hybridized carbons (Fsp3) is 0.500. The highest BCUT2D eigenvalue weighted by Crippen LogP contribution is 2.32. The van der Waals surface area contributed by atoms with E-state index in [1.807, 2.05) is 6.92 Å². The molecule has 0 amide bonds. The van der Waals surface area contributed by atoms with Crippen molar-refractivity contribution in [1.82, 2.24) is 5.32 Å². The van der Waals surface area contributed by atoms with E-state index in [0.717, 1.165) is 43.9 Å². The van der Waals surface area contributed by atoms with Gasteiger partial charge in [-0.1, -0.05) is 11.6 Å². The average Bonchev–Trinajstić information content (AvgIpc) is 2.60. The van der Waals surface area contributed by atoms with Crippen molar-refractivity contribution in [3.63, 3.8) is 0 Å². The number of nitro benzene ring substituents is 1. The highest BCUT2D eigenvalue weighted by atomic mass is 35.5. The van der Waals surface area contributed by atoms with E-state index in [1.54, 1.807) is 12.1 Å². The van der Waals surface area contributed by atoms with Crippen molar-refractivity contribution in [2.24, 2.45) is 0 Å². The summed E-state index contributed by atoms with van der Waals surface area (Å²) in [6, 6.07) is 3.26. The minimum atomic E-state index is -0.441. The summed E-state index contributed by atoms with van der Waals surface area (Å²) in [5.74, 6) is 0. The zero-order valence-corrected chi connectivity index (χ0v) is 11.0. The van der Waals surface area contributed by atoms with Crippen LogP contribution in [0.25, 0.3) is 0 Å². The van der Waals surface area contributed by atoms with E-state index in [-0.39, 0.29) is 10.7 Å². The number of hydrogen-bond acceptors (Lipinski definition) is 4. The van der Waals surface area contributed by atoms with Gasteiger partial charge in [0.15, 0.2) is 0 Å². The molecule has 0 unspecified atom stereocenters. The predicted octanol–water partition coefficient (Wildman–Crippen LogP) is 2.36. The first-order chi connectivity index (χ1) is 8.59. The second kappa shape index (κ2) is 5.54. The summed E-state index contributed by atoms with van der Waals surface area (Å²) in [6.07, 6.45) is 1.06. The lowest BCUT2D eigenvalue weighted by atomic mass is 10.1. The Morgan fingerprint density at radius 2 is 2.17 bits per heavy atom. The molecule has 5 nitrogen and oxygen atoms in total.